The van der Waals surface area contributed by atoms with E-state index in [-0.39, 0.29) is 32.7 Å². The molecule has 2 amide bonds. The number of fused-ring (bicyclic) bond motifs is 1. The van der Waals surface area contributed by atoms with Crippen molar-refractivity contribution in [1.82, 2.24) is 14.9 Å². The van der Waals surface area contributed by atoms with Gasteiger partial charge in [-0.05, 0) is 54.4 Å². The summed E-state index contributed by atoms with van der Waals surface area (Å²) >= 11 is 12.0. The monoisotopic (exact) mass is 530 g/mol. The van der Waals surface area contributed by atoms with Gasteiger partial charge < -0.3 is 15.6 Å². The number of H-pyrrole nitrogens is 1. The molecule has 0 aliphatic carbocycles. The number of pyridine rings is 1. The fourth-order valence-corrected chi connectivity index (χ4v) is 6.24. The van der Waals surface area contributed by atoms with Crippen LogP contribution >= 0.6 is 23.2 Å². The number of aromatic nitrogens is 2. The van der Waals surface area contributed by atoms with Gasteiger partial charge in [0.05, 0.1) is 10.4 Å². The number of sulfone groups is 1. The number of aromatic amines is 1. The molecule has 3 N–H and O–H groups in total. The van der Waals surface area contributed by atoms with Gasteiger partial charge in [0.25, 0.3) is 11.8 Å². The van der Waals surface area contributed by atoms with Crippen LogP contribution in [0, 0.1) is 6.92 Å². The fraction of sp³-hybridized carbons (Fsp3) is 0.125. The van der Waals surface area contributed by atoms with Crippen LogP contribution in [-0.2, 0) is 16.4 Å². The molecule has 8 nitrogen and oxygen atoms in total. The van der Waals surface area contributed by atoms with Crippen LogP contribution in [-0.4, -0.2) is 42.1 Å². The number of nitrogens with two attached hydrogens (primary N) is 1. The highest BCUT2D eigenvalue weighted by Gasteiger charge is 2.33. The molecule has 0 bridgehead atoms. The normalized spacial score (nSPS) is 11.5. The summed E-state index contributed by atoms with van der Waals surface area (Å²) < 4.78 is 26.9. The number of carbonyl (C=O) groups excluding carboxylic acids is 2. The molecule has 35 heavy (non-hydrogen) atoms. The van der Waals surface area contributed by atoms with E-state index in [4.69, 9.17) is 28.9 Å². The van der Waals surface area contributed by atoms with E-state index in [0.717, 1.165) is 16.5 Å². The van der Waals surface area contributed by atoms with Crippen molar-refractivity contribution in [1.29, 1.82) is 0 Å². The van der Waals surface area contributed by atoms with Crippen molar-refractivity contribution < 1.29 is 18.0 Å². The first-order chi connectivity index (χ1) is 16.5. The van der Waals surface area contributed by atoms with E-state index in [9.17, 15) is 18.0 Å². The number of primary amides is 1. The summed E-state index contributed by atoms with van der Waals surface area (Å²) in [6.45, 7) is 1.67. The van der Waals surface area contributed by atoms with Crippen LogP contribution in [0.5, 0.6) is 0 Å². The Morgan fingerprint density at radius 2 is 1.74 bits per heavy atom. The summed E-state index contributed by atoms with van der Waals surface area (Å²) in [6.07, 6.45) is 1.70. The average Bonchev–Trinajstić information content (AvgIpc) is 3.16. The molecular weight excluding hydrogens is 511 g/mol. The maximum Gasteiger partial charge on any atom is 0.270 e. The number of carbonyl (C=O) groups is 2. The van der Waals surface area contributed by atoms with Gasteiger partial charge in [-0.25, -0.2) is 8.42 Å². The van der Waals surface area contributed by atoms with Crippen molar-refractivity contribution in [2.75, 3.05) is 7.05 Å². The molecular formula is C24H20Cl2N4O4S. The highest BCUT2D eigenvalue weighted by molar-refractivity contribution is 7.91. The largest absolute Gasteiger partial charge is 0.364 e. The van der Waals surface area contributed by atoms with Crippen LogP contribution in [0.4, 0.5) is 0 Å². The number of hydrogen-bond donors (Lipinski definition) is 2. The minimum atomic E-state index is -4.29. The lowest BCUT2D eigenvalue weighted by atomic mass is 10.1. The van der Waals surface area contributed by atoms with E-state index in [1.165, 1.54) is 30.0 Å². The Morgan fingerprint density at radius 3 is 2.40 bits per heavy atom. The van der Waals surface area contributed by atoms with Crippen LogP contribution in [0.2, 0.25) is 10.0 Å². The summed E-state index contributed by atoms with van der Waals surface area (Å²) in [4.78, 5) is 33.1. The molecule has 2 heterocycles. The number of hydrogen-bond acceptors (Lipinski definition) is 5. The van der Waals surface area contributed by atoms with Gasteiger partial charge in [0.2, 0.25) is 9.84 Å². The molecule has 180 valence electrons. The highest BCUT2D eigenvalue weighted by Crippen LogP contribution is 2.33. The van der Waals surface area contributed by atoms with Crippen molar-refractivity contribution >= 4 is 55.8 Å². The van der Waals surface area contributed by atoms with Gasteiger partial charge in [0, 0.05) is 35.2 Å². The highest BCUT2D eigenvalue weighted by atomic mass is 35.5. The zero-order chi connectivity index (χ0) is 25.5. The molecule has 4 rings (SSSR count). The van der Waals surface area contributed by atoms with Gasteiger partial charge in [-0.2, -0.15) is 0 Å². The molecule has 0 fully saturated rings. The first kappa shape index (κ1) is 24.7. The lowest BCUT2D eigenvalue weighted by Gasteiger charge is -2.17. The maximum atomic E-state index is 13.4. The second-order valence-corrected chi connectivity index (χ2v) is 10.8. The minimum Gasteiger partial charge on any atom is -0.364 e. The molecule has 11 heteroatoms. The average molecular weight is 531 g/mol. The van der Waals surface area contributed by atoms with E-state index in [1.807, 2.05) is 30.3 Å². The smallest absolute Gasteiger partial charge is 0.270 e. The van der Waals surface area contributed by atoms with Crippen LogP contribution < -0.4 is 5.73 Å². The zero-order valence-electron chi connectivity index (χ0n) is 18.7. The Morgan fingerprint density at radius 1 is 1.06 bits per heavy atom. The number of rotatable bonds is 6. The summed E-state index contributed by atoms with van der Waals surface area (Å²) in [5.74, 6) is -1.54. The Kier molecular flexibility index (Phi) is 6.59. The summed E-state index contributed by atoms with van der Waals surface area (Å²) in [5, 5.41) is 1.13. The third kappa shape index (κ3) is 4.75. The molecule has 0 saturated carbocycles. The summed E-state index contributed by atoms with van der Waals surface area (Å²) in [5.41, 5.74) is 6.75. The predicted octanol–water partition coefficient (Wildman–Crippen LogP) is 4.38. The van der Waals surface area contributed by atoms with Gasteiger partial charge in [-0.3, -0.25) is 14.6 Å². The van der Waals surface area contributed by atoms with Crippen molar-refractivity contribution in [2.24, 2.45) is 5.73 Å². The molecule has 0 spiro atoms. The molecule has 0 unspecified atom stereocenters. The number of nitrogens with zero attached hydrogens (tertiary/aromatic N) is 2. The molecule has 0 radical (unpaired) electrons. The van der Waals surface area contributed by atoms with Gasteiger partial charge in [0.15, 0.2) is 0 Å². The summed E-state index contributed by atoms with van der Waals surface area (Å²) in [7, 11) is -2.72. The second-order valence-electron chi connectivity index (χ2n) is 7.99. The van der Waals surface area contributed by atoms with Gasteiger partial charge in [0.1, 0.15) is 16.3 Å². The van der Waals surface area contributed by atoms with Crippen molar-refractivity contribution in [3.63, 3.8) is 0 Å². The standard InChI is InChI=1S/C24H20Cl2N4O4S/c1-13-20(24(32)30(2)12-14-5-6-19-15(8-14)4-3-7-28-19)29-21(23(27)31)22(13)35(33,34)18-10-16(25)9-17(26)11-18/h3-11,29H,12H2,1-2H3,(H2,27,31). The molecule has 4 aromatic rings. The minimum absolute atomic E-state index is 0.0598. The van der Waals surface area contributed by atoms with Crippen LogP contribution in [0.1, 0.15) is 32.1 Å². The Balaban J connectivity index is 1.72. The van der Waals surface area contributed by atoms with Crippen LogP contribution in [0.25, 0.3) is 10.9 Å². The number of nitrogens with one attached hydrogen (secondary N) is 1. The second kappa shape index (κ2) is 9.33. The molecule has 2 aromatic carbocycles. The molecule has 0 saturated heterocycles. The first-order valence-corrected chi connectivity index (χ1v) is 12.6. The Hall–Kier alpha value is -3.40. The fourth-order valence-electron chi connectivity index (χ4n) is 3.86. The quantitative estimate of drug-likeness (QED) is 0.382. The third-order valence-electron chi connectivity index (χ3n) is 5.50. The number of benzene rings is 2. The Bertz CT molecular complexity index is 1580. The topological polar surface area (TPSA) is 126 Å². The third-order valence-corrected chi connectivity index (χ3v) is 7.84. The van der Waals surface area contributed by atoms with Crippen LogP contribution in [0.15, 0.2) is 64.5 Å². The SMILES string of the molecule is Cc1c(C(=O)N(C)Cc2ccc3ncccc3c2)[nH]c(C(N)=O)c1S(=O)(=O)c1cc(Cl)cc(Cl)c1. The van der Waals surface area contributed by atoms with Crippen molar-refractivity contribution in [2.45, 2.75) is 23.3 Å². The van der Waals surface area contributed by atoms with E-state index in [0.29, 0.717) is 0 Å². The molecule has 0 aliphatic rings. The zero-order valence-corrected chi connectivity index (χ0v) is 21.0. The van der Waals surface area contributed by atoms with E-state index in [1.54, 1.807) is 13.2 Å². The Labute approximate surface area is 211 Å². The van der Waals surface area contributed by atoms with Gasteiger partial charge in [-0.1, -0.05) is 35.3 Å². The van der Waals surface area contributed by atoms with Crippen molar-refractivity contribution in [3.05, 3.63) is 87.3 Å². The lowest BCUT2D eigenvalue weighted by Crippen LogP contribution is -2.27. The van der Waals surface area contributed by atoms with Gasteiger partial charge in [-0.15, -0.1) is 0 Å². The maximum absolute atomic E-state index is 13.4. The number of amides is 2. The van der Waals surface area contributed by atoms with E-state index >= 15 is 0 Å². The predicted molar refractivity (Wildman–Crippen MR) is 134 cm³/mol. The van der Waals surface area contributed by atoms with Gasteiger partial charge >= 0.3 is 0 Å². The molecule has 2 aromatic heterocycles. The number of halogens is 2. The first-order valence-electron chi connectivity index (χ1n) is 10.3. The molecule has 0 atom stereocenters. The van der Waals surface area contributed by atoms with Crippen molar-refractivity contribution in [3.8, 4) is 0 Å². The lowest BCUT2D eigenvalue weighted by molar-refractivity contribution is 0.0779. The van der Waals surface area contributed by atoms with E-state index < -0.39 is 32.2 Å². The van der Waals surface area contributed by atoms with E-state index in [2.05, 4.69) is 9.97 Å². The molecule has 0 aliphatic heterocycles. The summed E-state index contributed by atoms with van der Waals surface area (Å²) in [6, 6.07) is 13.2. The van der Waals surface area contributed by atoms with Crippen LogP contribution in [0.3, 0.4) is 0 Å².